The average Bonchev–Trinajstić information content (AvgIpc) is 2.83. The van der Waals surface area contributed by atoms with Crippen molar-refractivity contribution in [2.75, 3.05) is 32.9 Å². The third-order valence-corrected chi connectivity index (χ3v) is 6.80. The lowest BCUT2D eigenvalue weighted by Crippen LogP contribution is -2.48. The van der Waals surface area contributed by atoms with E-state index in [2.05, 4.69) is 6.07 Å². The van der Waals surface area contributed by atoms with Crippen LogP contribution >= 0.6 is 11.6 Å². The van der Waals surface area contributed by atoms with Gasteiger partial charge in [0.1, 0.15) is 24.7 Å². The molecule has 7 heteroatoms. The molecule has 176 valence electrons. The number of para-hydroxylation sites is 1. The van der Waals surface area contributed by atoms with Crippen molar-refractivity contribution in [2.24, 2.45) is 5.41 Å². The summed E-state index contributed by atoms with van der Waals surface area (Å²) < 4.78 is 17.1. The van der Waals surface area contributed by atoms with Crippen LogP contribution in [-0.2, 0) is 20.7 Å². The predicted molar refractivity (Wildman–Crippen MR) is 126 cm³/mol. The second-order valence-electron chi connectivity index (χ2n) is 8.71. The quantitative estimate of drug-likeness (QED) is 0.608. The fraction of sp³-hybridized carbons (Fsp3) is 0.462. The summed E-state index contributed by atoms with van der Waals surface area (Å²) in [6, 6.07) is 15.0. The maximum absolute atomic E-state index is 13.1. The topological polar surface area (TPSA) is 65.1 Å². The molecule has 2 aliphatic rings. The molecule has 33 heavy (non-hydrogen) atoms. The predicted octanol–water partition coefficient (Wildman–Crippen LogP) is 4.68. The molecule has 0 radical (unpaired) electrons. The Hall–Kier alpha value is -2.73. The number of halogens is 1. The van der Waals surface area contributed by atoms with Crippen LogP contribution < -0.4 is 9.47 Å². The molecule has 4 rings (SSSR count). The lowest BCUT2D eigenvalue weighted by atomic mass is 9.74. The Morgan fingerprint density at radius 1 is 1.00 bits per heavy atom. The molecule has 2 aromatic rings. The molecule has 2 aliphatic heterocycles. The van der Waals surface area contributed by atoms with Gasteiger partial charge in [0.25, 0.3) is 5.91 Å². The van der Waals surface area contributed by atoms with E-state index in [-0.39, 0.29) is 25.1 Å². The number of aryl methyl sites for hydroxylation is 1. The zero-order valence-electron chi connectivity index (χ0n) is 18.8. The van der Waals surface area contributed by atoms with Crippen molar-refractivity contribution in [3.05, 3.63) is 59.1 Å². The number of benzene rings is 2. The number of amides is 1. The van der Waals surface area contributed by atoms with Crippen molar-refractivity contribution in [3.63, 3.8) is 0 Å². The molecule has 0 N–H and O–H groups in total. The molecule has 0 unspecified atom stereocenters. The van der Waals surface area contributed by atoms with Gasteiger partial charge < -0.3 is 19.1 Å². The van der Waals surface area contributed by atoms with Crippen LogP contribution in [0.2, 0.25) is 5.02 Å². The first-order chi connectivity index (χ1) is 16.1. The van der Waals surface area contributed by atoms with Crippen molar-refractivity contribution < 1.29 is 23.8 Å². The summed E-state index contributed by atoms with van der Waals surface area (Å²) in [4.78, 5) is 27.5. The highest BCUT2D eigenvalue weighted by Gasteiger charge is 2.43. The number of nitrogens with zero attached hydrogens (tertiary/aromatic N) is 1. The number of likely N-dealkylation sites (tertiary alicyclic amines) is 1. The number of hydrogen-bond acceptors (Lipinski definition) is 5. The third-order valence-electron chi connectivity index (χ3n) is 6.56. The minimum absolute atomic E-state index is 0.0471. The Kier molecular flexibility index (Phi) is 7.76. The summed E-state index contributed by atoms with van der Waals surface area (Å²) >= 11 is 5.97. The van der Waals surface area contributed by atoms with E-state index in [1.54, 1.807) is 29.2 Å². The lowest BCUT2D eigenvalue weighted by Gasteiger charge is -2.40. The number of fused-ring (bicyclic) bond motifs is 1. The number of hydrogen-bond donors (Lipinski definition) is 0. The van der Waals surface area contributed by atoms with E-state index in [1.165, 1.54) is 5.56 Å². The Labute approximate surface area is 199 Å². The first-order valence-corrected chi connectivity index (χ1v) is 12.0. The number of carbonyl (C=O) groups excluding carboxylic acids is 2. The summed E-state index contributed by atoms with van der Waals surface area (Å²) in [5.41, 5.74) is 0.655. The maximum Gasteiger partial charge on any atom is 0.312 e. The monoisotopic (exact) mass is 471 g/mol. The molecule has 2 aromatic carbocycles. The molecule has 1 amide bonds. The average molecular weight is 472 g/mol. The number of rotatable bonds is 3. The van der Waals surface area contributed by atoms with Gasteiger partial charge in [-0.1, -0.05) is 42.3 Å². The van der Waals surface area contributed by atoms with E-state index in [4.69, 9.17) is 25.8 Å². The second-order valence-corrected chi connectivity index (χ2v) is 9.14. The maximum atomic E-state index is 13.1. The molecule has 0 saturated carbocycles. The number of esters is 1. The molecule has 0 atom stereocenters. The molecule has 0 aromatic heterocycles. The zero-order valence-corrected chi connectivity index (χ0v) is 19.5. The molecule has 0 bridgehead atoms. The summed E-state index contributed by atoms with van der Waals surface area (Å²) in [6.07, 6.45) is 4.81. The van der Waals surface area contributed by atoms with Gasteiger partial charge in [-0.25, -0.2) is 0 Å². The molecule has 0 aliphatic carbocycles. The van der Waals surface area contributed by atoms with Crippen LogP contribution in [0, 0.1) is 5.41 Å². The summed E-state index contributed by atoms with van der Waals surface area (Å²) in [7, 11) is 0. The minimum Gasteiger partial charge on any atom is -0.490 e. The standard InChI is InChI=1S/C26H30ClNO5/c27-21-8-5-9-22(18-21)33-19-24(29)28-14-12-26(13-15-28)11-4-3-7-20-6-1-2-10-23(20)31-16-17-32-25(26)30/h1-2,5-6,8-10,18H,3-4,7,11-17,19H2. The number of ether oxygens (including phenoxy) is 3. The van der Waals surface area contributed by atoms with E-state index in [1.807, 2.05) is 18.2 Å². The molecular formula is C26H30ClNO5. The van der Waals surface area contributed by atoms with Crippen molar-refractivity contribution in [3.8, 4) is 11.5 Å². The van der Waals surface area contributed by atoms with E-state index in [9.17, 15) is 9.59 Å². The molecular weight excluding hydrogens is 442 g/mol. The van der Waals surface area contributed by atoms with Crippen LogP contribution in [0.4, 0.5) is 0 Å². The Morgan fingerprint density at radius 2 is 1.79 bits per heavy atom. The van der Waals surface area contributed by atoms with Gasteiger partial charge in [0.2, 0.25) is 0 Å². The number of cyclic esters (lactones) is 1. The van der Waals surface area contributed by atoms with Crippen LogP contribution in [0.5, 0.6) is 11.5 Å². The lowest BCUT2D eigenvalue weighted by molar-refractivity contribution is -0.162. The molecule has 1 saturated heterocycles. The van der Waals surface area contributed by atoms with E-state index < -0.39 is 5.41 Å². The van der Waals surface area contributed by atoms with E-state index in [0.29, 0.717) is 43.3 Å². The number of piperidine rings is 1. The highest BCUT2D eigenvalue weighted by Crippen LogP contribution is 2.39. The fourth-order valence-electron chi connectivity index (χ4n) is 4.60. The molecule has 1 fully saturated rings. The largest absolute Gasteiger partial charge is 0.490 e. The van der Waals surface area contributed by atoms with Crippen LogP contribution in [-0.4, -0.2) is 49.7 Å². The van der Waals surface area contributed by atoms with Crippen molar-refractivity contribution >= 4 is 23.5 Å². The minimum atomic E-state index is -0.538. The highest BCUT2D eigenvalue weighted by atomic mass is 35.5. The van der Waals surface area contributed by atoms with Gasteiger partial charge >= 0.3 is 5.97 Å². The third kappa shape index (κ3) is 5.99. The van der Waals surface area contributed by atoms with Crippen LogP contribution in [0.1, 0.15) is 37.7 Å². The van der Waals surface area contributed by atoms with Gasteiger partial charge in [-0.15, -0.1) is 0 Å². The van der Waals surface area contributed by atoms with Crippen molar-refractivity contribution in [1.29, 1.82) is 0 Å². The number of carbonyl (C=O) groups is 2. The zero-order chi connectivity index (χ0) is 23.1. The molecule has 2 heterocycles. The van der Waals surface area contributed by atoms with Gasteiger partial charge in [-0.05, 0) is 61.9 Å². The van der Waals surface area contributed by atoms with Gasteiger partial charge in [-0.2, -0.15) is 0 Å². The summed E-state index contributed by atoms with van der Waals surface area (Å²) in [6.45, 7) is 1.56. The van der Waals surface area contributed by atoms with Gasteiger partial charge in [-0.3, -0.25) is 9.59 Å². The first-order valence-electron chi connectivity index (χ1n) is 11.6. The Bertz CT molecular complexity index is 971. The van der Waals surface area contributed by atoms with E-state index >= 15 is 0 Å². The van der Waals surface area contributed by atoms with Gasteiger partial charge in [0.15, 0.2) is 6.61 Å². The van der Waals surface area contributed by atoms with Crippen LogP contribution in [0.25, 0.3) is 0 Å². The normalized spacial score (nSPS) is 18.8. The van der Waals surface area contributed by atoms with Crippen LogP contribution in [0.15, 0.2) is 48.5 Å². The Balaban J connectivity index is 1.33. The molecule has 1 spiro atoms. The van der Waals surface area contributed by atoms with Crippen molar-refractivity contribution in [1.82, 2.24) is 4.90 Å². The molecule has 6 nitrogen and oxygen atoms in total. The van der Waals surface area contributed by atoms with Crippen molar-refractivity contribution in [2.45, 2.75) is 38.5 Å². The fourth-order valence-corrected chi connectivity index (χ4v) is 4.78. The van der Waals surface area contributed by atoms with E-state index in [0.717, 1.165) is 31.4 Å². The first kappa shape index (κ1) is 23.4. The van der Waals surface area contributed by atoms with Gasteiger partial charge in [0.05, 0.1) is 5.41 Å². The second kappa shape index (κ2) is 10.9. The SMILES string of the molecule is O=C(COc1cccc(Cl)c1)N1CCC2(CCCCc3ccccc3OCCOC2=O)CC1. The summed E-state index contributed by atoms with van der Waals surface area (Å²) in [5, 5.41) is 0.565. The van der Waals surface area contributed by atoms with Crippen LogP contribution in [0.3, 0.4) is 0 Å². The van der Waals surface area contributed by atoms with Gasteiger partial charge in [0, 0.05) is 18.1 Å². The highest BCUT2D eigenvalue weighted by molar-refractivity contribution is 6.30. The summed E-state index contributed by atoms with van der Waals surface area (Å²) in [5.74, 6) is 1.19. The smallest absolute Gasteiger partial charge is 0.312 e. The Morgan fingerprint density at radius 3 is 2.61 bits per heavy atom.